The molecule has 0 spiro atoms. The molecule has 0 saturated heterocycles. The van der Waals surface area contributed by atoms with E-state index in [1.807, 2.05) is 19.9 Å². The van der Waals surface area contributed by atoms with Gasteiger partial charge in [0.05, 0.1) is 17.7 Å². The molecule has 41 heavy (non-hydrogen) atoms. The van der Waals surface area contributed by atoms with Gasteiger partial charge in [-0.05, 0) is 52.9 Å². The Bertz CT molecular complexity index is 1360. The highest BCUT2D eigenvalue weighted by atomic mass is 16.4. The summed E-state index contributed by atoms with van der Waals surface area (Å²) < 4.78 is 5.42. The number of ketones is 3. The number of carbonyl (C=O) groups is 5. The summed E-state index contributed by atoms with van der Waals surface area (Å²) in [6.45, 7) is 11.6. The Hall–Kier alpha value is -4.16. The second-order valence-corrected chi connectivity index (χ2v) is 9.47. The lowest BCUT2D eigenvalue weighted by Gasteiger charge is -2.21. The number of likely N-dealkylation sites (N-methyl/N-ethyl adjacent to an activating group) is 1. The molecule has 222 valence electrons. The van der Waals surface area contributed by atoms with Crippen molar-refractivity contribution in [2.24, 2.45) is 0 Å². The van der Waals surface area contributed by atoms with Crippen molar-refractivity contribution in [1.82, 2.24) is 21.3 Å². The number of rotatable bonds is 17. The standard InChI is InChI=1S/C29H39N5O7/c1-7-34(8-2)21-10-9-20-13-22(29(40)41-26(20)14-21)28(39)33-16-24(30-6)25(37)11-12-31-23(19(5)36)15-32-27(38)17(3)18(4)35/h9-10,13-14,23-24,30-31H,3,7-8,11-12,15-16H2,1-2,4-6H3,(H,32,38)(H,33,39). The van der Waals surface area contributed by atoms with Crippen LogP contribution in [0, 0.1) is 0 Å². The number of hydrogen-bond donors (Lipinski definition) is 4. The van der Waals surface area contributed by atoms with Crippen molar-refractivity contribution < 1.29 is 28.4 Å². The molecule has 0 aliphatic heterocycles. The summed E-state index contributed by atoms with van der Waals surface area (Å²) in [5.41, 5.74) is 0.116. The number of carbonyl (C=O) groups excluding carboxylic acids is 5. The minimum Gasteiger partial charge on any atom is -0.422 e. The van der Waals surface area contributed by atoms with Crippen LogP contribution in [0.25, 0.3) is 11.0 Å². The molecule has 2 atom stereocenters. The molecule has 0 fully saturated rings. The molecule has 2 rings (SSSR count). The normalized spacial score (nSPS) is 12.3. The Morgan fingerprint density at radius 2 is 1.63 bits per heavy atom. The number of anilines is 1. The molecule has 2 amide bonds. The van der Waals surface area contributed by atoms with E-state index in [0.717, 1.165) is 18.8 Å². The van der Waals surface area contributed by atoms with Gasteiger partial charge in [-0.3, -0.25) is 24.0 Å². The Morgan fingerprint density at radius 3 is 2.22 bits per heavy atom. The average molecular weight is 570 g/mol. The van der Waals surface area contributed by atoms with Gasteiger partial charge in [0.1, 0.15) is 16.9 Å². The van der Waals surface area contributed by atoms with Crippen LogP contribution in [0.15, 0.2) is 45.6 Å². The van der Waals surface area contributed by atoms with Gasteiger partial charge in [-0.2, -0.15) is 0 Å². The maximum absolute atomic E-state index is 12.8. The molecular weight excluding hydrogens is 530 g/mol. The first kappa shape index (κ1) is 33.0. The third kappa shape index (κ3) is 9.19. The number of hydrogen-bond acceptors (Lipinski definition) is 10. The smallest absolute Gasteiger partial charge is 0.349 e. The van der Waals surface area contributed by atoms with Gasteiger partial charge in [0.15, 0.2) is 11.6 Å². The van der Waals surface area contributed by atoms with Gasteiger partial charge in [0, 0.05) is 56.3 Å². The van der Waals surface area contributed by atoms with Crippen molar-refractivity contribution in [3.63, 3.8) is 0 Å². The van der Waals surface area contributed by atoms with E-state index in [9.17, 15) is 28.8 Å². The van der Waals surface area contributed by atoms with E-state index in [2.05, 4.69) is 32.7 Å². The number of nitrogens with one attached hydrogen (secondary N) is 4. The lowest BCUT2D eigenvalue weighted by molar-refractivity contribution is -0.123. The molecule has 4 N–H and O–H groups in total. The Labute approximate surface area is 238 Å². The van der Waals surface area contributed by atoms with E-state index >= 15 is 0 Å². The van der Waals surface area contributed by atoms with E-state index in [4.69, 9.17) is 4.42 Å². The lowest BCUT2D eigenvalue weighted by Crippen LogP contribution is -2.48. The molecule has 0 saturated carbocycles. The summed E-state index contributed by atoms with van der Waals surface area (Å²) in [7, 11) is 1.57. The van der Waals surface area contributed by atoms with Crippen molar-refractivity contribution in [2.45, 2.75) is 46.2 Å². The topological polar surface area (TPSA) is 167 Å². The largest absolute Gasteiger partial charge is 0.422 e. The fourth-order valence-corrected chi connectivity index (χ4v) is 4.08. The van der Waals surface area contributed by atoms with Crippen LogP contribution in [0.4, 0.5) is 5.69 Å². The van der Waals surface area contributed by atoms with Crippen LogP contribution in [-0.4, -0.2) is 81.0 Å². The number of nitrogens with zero attached hydrogens (tertiary/aromatic N) is 1. The van der Waals surface area contributed by atoms with E-state index in [1.165, 1.54) is 19.9 Å². The van der Waals surface area contributed by atoms with Crippen LogP contribution in [0.1, 0.15) is 44.5 Å². The van der Waals surface area contributed by atoms with Crippen LogP contribution < -0.4 is 31.8 Å². The SMILES string of the molecule is C=C(C(C)=O)C(=O)NCC(NCCC(=O)C(CNC(=O)c1cc2ccc(N(CC)CC)cc2oc1=O)NC)C(C)=O. The highest BCUT2D eigenvalue weighted by Crippen LogP contribution is 2.22. The molecule has 2 aromatic rings. The van der Waals surface area contributed by atoms with Gasteiger partial charge in [0.2, 0.25) is 0 Å². The van der Waals surface area contributed by atoms with Crippen molar-refractivity contribution >= 4 is 45.8 Å². The predicted octanol–water partition coefficient (Wildman–Crippen LogP) is 0.725. The third-order valence-electron chi connectivity index (χ3n) is 6.72. The first-order valence-corrected chi connectivity index (χ1v) is 13.5. The van der Waals surface area contributed by atoms with Crippen LogP contribution in [-0.2, 0) is 19.2 Å². The first-order valence-electron chi connectivity index (χ1n) is 13.5. The second-order valence-electron chi connectivity index (χ2n) is 9.47. The molecule has 0 aliphatic carbocycles. The number of Topliss-reactive ketones (excluding diaryl/α,β-unsaturated/α-hetero) is 3. The van der Waals surface area contributed by atoms with Gasteiger partial charge >= 0.3 is 5.63 Å². The molecule has 12 nitrogen and oxygen atoms in total. The fourth-order valence-electron chi connectivity index (χ4n) is 4.08. The molecule has 1 heterocycles. The maximum Gasteiger partial charge on any atom is 0.349 e. The summed E-state index contributed by atoms with van der Waals surface area (Å²) in [4.78, 5) is 75.3. The molecule has 0 aliphatic rings. The Morgan fingerprint density at radius 1 is 0.976 bits per heavy atom. The van der Waals surface area contributed by atoms with Gasteiger partial charge < -0.3 is 30.6 Å². The van der Waals surface area contributed by atoms with E-state index in [0.29, 0.717) is 11.0 Å². The van der Waals surface area contributed by atoms with Crippen LogP contribution in [0.5, 0.6) is 0 Å². The van der Waals surface area contributed by atoms with Gasteiger partial charge in [0.25, 0.3) is 11.8 Å². The van der Waals surface area contributed by atoms with Gasteiger partial charge in [-0.1, -0.05) is 6.58 Å². The summed E-state index contributed by atoms with van der Waals surface area (Å²) >= 11 is 0. The molecule has 1 aromatic heterocycles. The minimum atomic E-state index is -0.780. The summed E-state index contributed by atoms with van der Waals surface area (Å²) in [6.07, 6.45) is 0.0201. The third-order valence-corrected chi connectivity index (χ3v) is 6.72. The summed E-state index contributed by atoms with van der Waals surface area (Å²) in [5.74, 6) is -2.32. The minimum absolute atomic E-state index is 0.0201. The number of amides is 2. The number of fused-ring (bicyclic) bond motifs is 1. The molecular formula is C29H39N5O7. The van der Waals surface area contributed by atoms with Gasteiger partial charge in [-0.15, -0.1) is 0 Å². The fraction of sp³-hybridized carbons (Fsp3) is 0.448. The number of benzene rings is 1. The molecule has 0 radical (unpaired) electrons. The molecule has 2 unspecified atom stereocenters. The Kier molecular flexibility index (Phi) is 12.6. The van der Waals surface area contributed by atoms with Gasteiger partial charge in [-0.25, -0.2) is 4.79 Å². The van der Waals surface area contributed by atoms with Crippen LogP contribution in [0.3, 0.4) is 0 Å². The zero-order valence-electron chi connectivity index (χ0n) is 24.2. The quantitative estimate of drug-likeness (QED) is 0.0923. The second kappa shape index (κ2) is 15.6. The van der Waals surface area contributed by atoms with Crippen molar-refractivity contribution in [2.75, 3.05) is 44.7 Å². The maximum atomic E-state index is 12.8. The predicted molar refractivity (Wildman–Crippen MR) is 156 cm³/mol. The zero-order valence-corrected chi connectivity index (χ0v) is 24.2. The zero-order chi connectivity index (χ0) is 30.7. The highest BCUT2D eigenvalue weighted by molar-refractivity contribution is 6.17. The summed E-state index contributed by atoms with van der Waals surface area (Å²) in [6, 6.07) is 5.40. The average Bonchev–Trinajstić information content (AvgIpc) is 2.94. The first-order chi connectivity index (χ1) is 19.4. The highest BCUT2D eigenvalue weighted by Gasteiger charge is 2.22. The van der Waals surface area contributed by atoms with Crippen LogP contribution >= 0.6 is 0 Å². The molecule has 0 bridgehead atoms. The van der Waals surface area contributed by atoms with E-state index in [-0.39, 0.29) is 48.8 Å². The summed E-state index contributed by atoms with van der Waals surface area (Å²) in [5, 5.41) is 11.4. The van der Waals surface area contributed by atoms with Crippen LogP contribution in [0.2, 0.25) is 0 Å². The Balaban J connectivity index is 1.95. The molecule has 1 aromatic carbocycles. The monoisotopic (exact) mass is 569 g/mol. The van der Waals surface area contributed by atoms with Crippen molar-refractivity contribution in [1.29, 1.82) is 0 Å². The van der Waals surface area contributed by atoms with Crippen molar-refractivity contribution in [3.05, 3.63) is 52.4 Å². The lowest BCUT2D eigenvalue weighted by atomic mass is 10.1. The van der Waals surface area contributed by atoms with E-state index in [1.54, 1.807) is 19.2 Å². The molecule has 12 heteroatoms. The van der Waals surface area contributed by atoms with Crippen molar-refractivity contribution in [3.8, 4) is 0 Å². The van der Waals surface area contributed by atoms with E-state index < -0.39 is 35.3 Å².